The van der Waals surface area contributed by atoms with Crippen LogP contribution in [-0.4, -0.2) is 47.5 Å². The van der Waals surface area contributed by atoms with E-state index in [2.05, 4.69) is 30.6 Å². The first-order chi connectivity index (χ1) is 17.6. The molecule has 0 radical (unpaired) electrons. The average Bonchev–Trinajstić information content (AvgIpc) is 3.29. The molecule has 0 aliphatic rings. The summed E-state index contributed by atoms with van der Waals surface area (Å²) in [7, 11) is 2.90. The first kappa shape index (κ1) is 25.5. The molecular formula is C25H22F3N5O4. The van der Waals surface area contributed by atoms with Crippen molar-refractivity contribution in [2.24, 2.45) is 0 Å². The number of H-pyrrole nitrogens is 1. The van der Waals surface area contributed by atoms with E-state index in [1.807, 2.05) is 0 Å². The number of nitrogens with zero attached hydrogens (tertiary/aromatic N) is 2. The lowest BCUT2D eigenvalue weighted by atomic mass is 10.00. The third-order valence-corrected chi connectivity index (χ3v) is 5.52. The zero-order chi connectivity index (χ0) is 26.7. The highest BCUT2D eigenvalue weighted by Crippen LogP contribution is 2.31. The minimum Gasteiger partial charge on any atom is -0.480 e. The Morgan fingerprint density at radius 2 is 1.86 bits per heavy atom. The Labute approximate surface area is 209 Å². The van der Waals surface area contributed by atoms with Gasteiger partial charge in [0.15, 0.2) is 5.69 Å². The van der Waals surface area contributed by atoms with E-state index in [1.54, 1.807) is 37.3 Å². The smallest absolute Gasteiger partial charge is 0.480 e. The Kier molecular flexibility index (Phi) is 7.00. The van der Waals surface area contributed by atoms with Gasteiger partial charge in [0.1, 0.15) is 11.3 Å². The fourth-order valence-corrected chi connectivity index (χ4v) is 3.80. The van der Waals surface area contributed by atoms with Crippen LogP contribution in [0.15, 0.2) is 48.5 Å². The predicted molar refractivity (Wildman–Crippen MR) is 128 cm³/mol. The Morgan fingerprint density at radius 1 is 1.08 bits per heavy atom. The van der Waals surface area contributed by atoms with Crippen molar-refractivity contribution < 1.29 is 32.2 Å². The maximum absolute atomic E-state index is 13.0. The number of hydrogen-bond donors (Lipinski definition) is 3. The predicted octanol–water partition coefficient (Wildman–Crippen LogP) is 4.13. The molecule has 2 amide bonds. The number of hydrogen-bond acceptors (Lipinski definition) is 6. The first-order valence-corrected chi connectivity index (χ1v) is 11.0. The molecule has 0 aliphatic carbocycles. The molecule has 2 heterocycles. The number of ether oxygens (including phenoxy) is 2. The number of amides is 2. The molecule has 0 bridgehead atoms. The first-order valence-electron chi connectivity index (χ1n) is 11.0. The summed E-state index contributed by atoms with van der Waals surface area (Å²) in [5.74, 6) is -1.14. The molecule has 4 aromatic rings. The number of aromatic amines is 1. The lowest BCUT2D eigenvalue weighted by Crippen LogP contribution is -2.24. The molecule has 9 nitrogen and oxygen atoms in total. The molecule has 4 rings (SSSR count). The van der Waals surface area contributed by atoms with E-state index in [0.717, 1.165) is 5.56 Å². The standard InChI is InChI=1S/C25H22F3N5O4/c1-13-18(15-7-8-17-20(10-15)32-33-21(17)23(35)29-2)11-19(24(31-13)36-3)22(34)30-12-14-5-4-6-16(9-14)37-25(26,27)28/h4-11H,12H2,1-3H3,(H,29,35)(H,30,34)(H,32,33). The van der Waals surface area contributed by atoms with E-state index in [1.165, 1.54) is 32.4 Å². The number of methoxy groups -OCH3 is 1. The van der Waals surface area contributed by atoms with Crippen LogP contribution in [-0.2, 0) is 6.54 Å². The van der Waals surface area contributed by atoms with Crippen molar-refractivity contribution in [1.29, 1.82) is 0 Å². The second-order valence-electron chi connectivity index (χ2n) is 7.97. The number of halogens is 3. The molecule has 0 saturated carbocycles. The minimum atomic E-state index is -4.82. The Morgan fingerprint density at radius 3 is 2.57 bits per heavy atom. The zero-order valence-corrected chi connectivity index (χ0v) is 20.0. The fourth-order valence-electron chi connectivity index (χ4n) is 3.80. The van der Waals surface area contributed by atoms with E-state index < -0.39 is 12.3 Å². The van der Waals surface area contributed by atoms with Crippen LogP contribution in [0.3, 0.4) is 0 Å². The molecule has 3 N–H and O–H groups in total. The zero-order valence-electron chi connectivity index (χ0n) is 20.0. The summed E-state index contributed by atoms with van der Waals surface area (Å²) in [6, 6.07) is 12.3. The average molecular weight is 513 g/mol. The third kappa shape index (κ3) is 5.63. The van der Waals surface area contributed by atoms with Gasteiger partial charge in [0, 0.05) is 30.2 Å². The fraction of sp³-hybridized carbons (Fsp3) is 0.200. The van der Waals surface area contributed by atoms with Gasteiger partial charge < -0.3 is 20.1 Å². The maximum Gasteiger partial charge on any atom is 0.573 e. The molecule has 12 heteroatoms. The van der Waals surface area contributed by atoms with Crippen LogP contribution in [0, 0.1) is 6.92 Å². The molecule has 0 atom stereocenters. The quantitative estimate of drug-likeness (QED) is 0.342. The highest BCUT2D eigenvalue weighted by Gasteiger charge is 2.31. The van der Waals surface area contributed by atoms with Crippen LogP contribution in [0.5, 0.6) is 11.6 Å². The normalized spacial score (nSPS) is 11.3. The van der Waals surface area contributed by atoms with Crippen LogP contribution < -0.4 is 20.1 Å². The van der Waals surface area contributed by atoms with Gasteiger partial charge in [-0.15, -0.1) is 13.2 Å². The molecule has 0 fully saturated rings. The van der Waals surface area contributed by atoms with Crippen molar-refractivity contribution >= 4 is 22.7 Å². The highest BCUT2D eigenvalue weighted by molar-refractivity contribution is 6.05. The van der Waals surface area contributed by atoms with Crippen LogP contribution in [0.1, 0.15) is 32.1 Å². The topological polar surface area (TPSA) is 118 Å². The number of fused-ring (bicyclic) bond motifs is 1. The molecule has 0 aliphatic heterocycles. The van der Waals surface area contributed by atoms with E-state index in [4.69, 9.17) is 4.74 Å². The number of rotatable bonds is 7. The summed E-state index contributed by atoms with van der Waals surface area (Å²) >= 11 is 0. The Bertz CT molecular complexity index is 1480. The van der Waals surface area contributed by atoms with Crippen molar-refractivity contribution in [3.8, 4) is 22.8 Å². The highest BCUT2D eigenvalue weighted by atomic mass is 19.4. The number of alkyl halides is 3. The molecule has 0 spiro atoms. The number of nitrogens with one attached hydrogen (secondary N) is 3. The summed E-state index contributed by atoms with van der Waals surface area (Å²) in [6.45, 7) is 1.71. The van der Waals surface area contributed by atoms with Gasteiger partial charge in [0.2, 0.25) is 5.88 Å². The second-order valence-corrected chi connectivity index (χ2v) is 7.97. The van der Waals surface area contributed by atoms with Crippen molar-refractivity contribution in [2.75, 3.05) is 14.2 Å². The maximum atomic E-state index is 13.0. The van der Waals surface area contributed by atoms with Crippen molar-refractivity contribution in [3.05, 3.63) is 71.0 Å². The SMILES string of the molecule is CNC(=O)c1n[nH]c2cc(-c3cc(C(=O)NCc4cccc(OC(F)(F)F)c4)c(OC)nc3C)ccc12. The van der Waals surface area contributed by atoms with E-state index in [-0.39, 0.29) is 35.3 Å². The van der Waals surface area contributed by atoms with Gasteiger partial charge in [-0.05, 0) is 48.4 Å². The van der Waals surface area contributed by atoms with Gasteiger partial charge in [0.05, 0.1) is 12.6 Å². The van der Waals surface area contributed by atoms with Crippen LogP contribution in [0.25, 0.3) is 22.0 Å². The van der Waals surface area contributed by atoms with Gasteiger partial charge in [-0.2, -0.15) is 5.10 Å². The number of carbonyl (C=O) groups is 2. The molecule has 37 heavy (non-hydrogen) atoms. The van der Waals surface area contributed by atoms with Crippen molar-refractivity contribution in [3.63, 3.8) is 0 Å². The van der Waals surface area contributed by atoms with Crippen molar-refractivity contribution in [1.82, 2.24) is 25.8 Å². The third-order valence-electron chi connectivity index (χ3n) is 5.52. The Hall–Kier alpha value is -4.61. The van der Waals surface area contributed by atoms with Crippen LogP contribution in [0.2, 0.25) is 0 Å². The molecular weight excluding hydrogens is 491 g/mol. The number of pyridine rings is 1. The number of aryl methyl sites for hydroxylation is 1. The molecule has 2 aromatic carbocycles. The van der Waals surface area contributed by atoms with Gasteiger partial charge in [0.25, 0.3) is 11.8 Å². The van der Waals surface area contributed by atoms with Gasteiger partial charge >= 0.3 is 6.36 Å². The molecule has 0 unspecified atom stereocenters. The largest absolute Gasteiger partial charge is 0.573 e. The summed E-state index contributed by atoms with van der Waals surface area (Å²) in [5.41, 5.74) is 3.39. The van der Waals surface area contributed by atoms with Crippen molar-refractivity contribution in [2.45, 2.75) is 19.8 Å². The lowest BCUT2D eigenvalue weighted by Gasteiger charge is -2.14. The summed E-state index contributed by atoms with van der Waals surface area (Å²) in [4.78, 5) is 29.4. The van der Waals surface area contributed by atoms with E-state index in [9.17, 15) is 22.8 Å². The molecule has 0 saturated heterocycles. The van der Waals surface area contributed by atoms with Crippen LogP contribution in [0.4, 0.5) is 13.2 Å². The van der Waals surface area contributed by atoms with Gasteiger partial charge in [-0.25, -0.2) is 4.98 Å². The summed E-state index contributed by atoms with van der Waals surface area (Å²) in [6.07, 6.45) is -4.82. The van der Waals surface area contributed by atoms with Crippen LogP contribution >= 0.6 is 0 Å². The second kappa shape index (κ2) is 10.2. The van der Waals surface area contributed by atoms with E-state index >= 15 is 0 Å². The van der Waals surface area contributed by atoms with Gasteiger partial charge in [-0.1, -0.05) is 18.2 Å². The number of carbonyl (C=O) groups excluding carboxylic acids is 2. The van der Waals surface area contributed by atoms with E-state index in [0.29, 0.717) is 27.7 Å². The summed E-state index contributed by atoms with van der Waals surface area (Å²) in [5, 5.41) is 12.7. The minimum absolute atomic E-state index is 0.0529. The Balaban J connectivity index is 1.60. The van der Waals surface area contributed by atoms with Gasteiger partial charge in [-0.3, -0.25) is 14.7 Å². The summed E-state index contributed by atoms with van der Waals surface area (Å²) < 4.78 is 46.7. The number of benzene rings is 2. The molecule has 2 aromatic heterocycles. The monoisotopic (exact) mass is 513 g/mol. The molecule has 192 valence electrons. The number of aromatic nitrogens is 3. The lowest BCUT2D eigenvalue weighted by molar-refractivity contribution is -0.274.